The van der Waals surface area contributed by atoms with E-state index < -0.39 is 0 Å². The van der Waals surface area contributed by atoms with Crippen LogP contribution in [0.1, 0.15) is 32.1 Å². The molecule has 0 radical (unpaired) electrons. The molecule has 1 rings (SSSR count). The Morgan fingerprint density at radius 1 is 1.27 bits per heavy atom. The van der Waals surface area contributed by atoms with Gasteiger partial charge in [-0.2, -0.15) is 0 Å². The molecule has 2 heteroatoms. The highest BCUT2D eigenvalue weighted by Crippen LogP contribution is 2.19. The van der Waals surface area contributed by atoms with E-state index in [0.717, 1.165) is 24.5 Å². The van der Waals surface area contributed by atoms with Gasteiger partial charge in [-0.15, -0.1) is 0 Å². The van der Waals surface area contributed by atoms with Gasteiger partial charge in [0.2, 0.25) is 0 Å². The summed E-state index contributed by atoms with van der Waals surface area (Å²) in [6, 6.07) is 0. The number of hydrogen-bond acceptors (Lipinski definition) is 1. The van der Waals surface area contributed by atoms with Crippen molar-refractivity contribution in [3.8, 4) is 0 Å². The quantitative estimate of drug-likeness (QED) is 0.512. The zero-order valence-electron chi connectivity index (χ0n) is 7.02. The molecule has 0 N–H and O–H groups in total. The molecule has 0 aromatic carbocycles. The first-order chi connectivity index (χ1) is 5.43. The monoisotopic (exact) mass is 220 g/mol. The average molecular weight is 221 g/mol. The van der Waals surface area contributed by atoms with Gasteiger partial charge in [0.15, 0.2) is 0 Å². The van der Waals surface area contributed by atoms with E-state index in [-0.39, 0.29) is 0 Å². The molecular formula is C9H17BrO. The topological polar surface area (TPSA) is 9.23 Å². The molecule has 0 spiro atoms. The van der Waals surface area contributed by atoms with Crippen LogP contribution in [0.25, 0.3) is 0 Å². The maximum atomic E-state index is 5.30. The minimum atomic E-state index is 0.880. The Labute approximate surface area is 77.6 Å². The van der Waals surface area contributed by atoms with Crippen molar-refractivity contribution in [1.29, 1.82) is 0 Å². The van der Waals surface area contributed by atoms with Gasteiger partial charge >= 0.3 is 0 Å². The molecule has 1 atom stereocenters. The fourth-order valence-electron chi connectivity index (χ4n) is 1.52. The second-order valence-electron chi connectivity index (χ2n) is 3.27. The van der Waals surface area contributed by atoms with E-state index in [1.165, 1.54) is 32.1 Å². The summed E-state index contributed by atoms with van der Waals surface area (Å²) in [5, 5.41) is 1.16. The molecule has 1 aliphatic rings. The molecule has 1 nitrogen and oxygen atoms in total. The third-order valence-electron chi connectivity index (χ3n) is 2.27. The van der Waals surface area contributed by atoms with Crippen molar-refractivity contribution in [3.05, 3.63) is 0 Å². The number of unbranched alkanes of at least 4 members (excludes halogenated alkanes) is 2. The maximum Gasteiger partial charge on any atom is 0.0495 e. The number of alkyl halides is 1. The van der Waals surface area contributed by atoms with Crippen molar-refractivity contribution < 1.29 is 4.74 Å². The SMILES string of the molecule is BrCCCCCC1CCOC1. The highest BCUT2D eigenvalue weighted by atomic mass is 79.9. The maximum absolute atomic E-state index is 5.30. The summed E-state index contributed by atoms with van der Waals surface area (Å²) in [7, 11) is 0. The molecule has 0 aromatic rings. The summed E-state index contributed by atoms with van der Waals surface area (Å²) >= 11 is 3.44. The van der Waals surface area contributed by atoms with Gasteiger partial charge in [0, 0.05) is 18.5 Å². The van der Waals surface area contributed by atoms with Crippen molar-refractivity contribution in [2.24, 2.45) is 5.92 Å². The van der Waals surface area contributed by atoms with E-state index in [1.54, 1.807) is 0 Å². The minimum Gasteiger partial charge on any atom is -0.381 e. The summed E-state index contributed by atoms with van der Waals surface area (Å²) in [5.74, 6) is 0.880. The number of ether oxygens (including phenoxy) is 1. The van der Waals surface area contributed by atoms with Crippen molar-refractivity contribution in [3.63, 3.8) is 0 Å². The second kappa shape index (κ2) is 6.01. The highest BCUT2D eigenvalue weighted by molar-refractivity contribution is 9.09. The van der Waals surface area contributed by atoms with E-state index in [2.05, 4.69) is 15.9 Å². The lowest BCUT2D eigenvalue weighted by Crippen LogP contribution is -1.98. The molecule has 66 valence electrons. The molecule has 1 fully saturated rings. The van der Waals surface area contributed by atoms with Crippen LogP contribution in [0.5, 0.6) is 0 Å². The van der Waals surface area contributed by atoms with Gasteiger partial charge in [-0.1, -0.05) is 28.8 Å². The molecular weight excluding hydrogens is 204 g/mol. The standard InChI is InChI=1S/C9H17BrO/c10-6-3-1-2-4-9-5-7-11-8-9/h9H,1-8H2. The van der Waals surface area contributed by atoms with Crippen LogP contribution in [0.4, 0.5) is 0 Å². The first-order valence-corrected chi connectivity index (χ1v) is 5.69. The first-order valence-electron chi connectivity index (χ1n) is 4.57. The molecule has 1 unspecified atom stereocenters. The molecule has 11 heavy (non-hydrogen) atoms. The Balaban J connectivity index is 1.86. The fourth-order valence-corrected chi connectivity index (χ4v) is 1.91. The predicted molar refractivity (Wildman–Crippen MR) is 51.2 cm³/mol. The lowest BCUT2D eigenvalue weighted by Gasteiger charge is -2.05. The number of halogens is 1. The Morgan fingerprint density at radius 2 is 2.18 bits per heavy atom. The molecule has 0 saturated carbocycles. The van der Waals surface area contributed by atoms with Gasteiger partial charge in [0.05, 0.1) is 0 Å². The first kappa shape index (κ1) is 9.53. The predicted octanol–water partition coefficient (Wildman–Crippen LogP) is 2.98. The summed E-state index contributed by atoms with van der Waals surface area (Å²) < 4.78 is 5.30. The Kier molecular flexibility index (Phi) is 5.21. The van der Waals surface area contributed by atoms with Crippen LogP contribution in [-0.4, -0.2) is 18.5 Å². The van der Waals surface area contributed by atoms with Gasteiger partial charge in [0.1, 0.15) is 0 Å². The van der Waals surface area contributed by atoms with E-state index in [9.17, 15) is 0 Å². The van der Waals surface area contributed by atoms with Crippen LogP contribution in [0.3, 0.4) is 0 Å². The van der Waals surface area contributed by atoms with Crippen LogP contribution in [0, 0.1) is 5.92 Å². The molecule has 0 amide bonds. The lowest BCUT2D eigenvalue weighted by atomic mass is 10.0. The normalized spacial score (nSPS) is 24.3. The van der Waals surface area contributed by atoms with Gasteiger partial charge < -0.3 is 4.74 Å². The molecule has 1 heterocycles. The number of hydrogen-bond donors (Lipinski definition) is 0. The van der Waals surface area contributed by atoms with Crippen LogP contribution in [0.2, 0.25) is 0 Å². The third-order valence-corrected chi connectivity index (χ3v) is 2.83. The largest absolute Gasteiger partial charge is 0.381 e. The Morgan fingerprint density at radius 3 is 2.82 bits per heavy atom. The minimum absolute atomic E-state index is 0.880. The van der Waals surface area contributed by atoms with Crippen molar-refractivity contribution >= 4 is 15.9 Å². The van der Waals surface area contributed by atoms with Crippen LogP contribution in [0.15, 0.2) is 0 Å². The molecule has 1 aliphatic heterocycles. The Hall–Kier alpha value is 0.440. The van der Waals surface area contributed by atoms with E-state index >= 15 is 0 Å². The summed E-state index contributed by atoms with van der Waals surface area (Å²) in [6.45, 7) is 2.03. The summed E-state index contributed by atoms with van der Waals surface area (Å²) in [5.41, 5.74) is 0. The molecule has 0 bridgehead atoms. The molecule has 1 saturated heterocycles. The Bertz CT molecular complexity index is 89.6. The smallest absolute Gasteiger partial charge is 0.0495 e. The van der Waals surface area contributed by atoms with E-state index in [1.807, 2.05) is 0 Å². The third kappa shape index (κ3) is 4.12. The van der Waals surface area contributed by atoms with Gasteiger partial charge in [0.25, 0.3) is 0 Å². The second-order valence-corrected chi connectivity index (χ2v) is 4.06. The summed E-state index contributed by atoms with van der Waals surface area (Å²) in [6.07, 6.45) is 6.77. The fraction of sp³-hybridized carbons (Fsp3) is 1.00. The molecule has 0 aromatic heterocycles. The van der Waals surface area contributed by atoms with Gasteiger partial charge in [-0.05, 0) is 25.2 Å². The molecule has 0 aliphatic carbocycles. The van der Waals surface area contributed by atoms with Crippen LogP contribution < -0.4 is 0 Å². The van der Waals surface area contributed by atoms with Crippen LogP contribution in [-0.2, 0) is 4.74 Å². The lowest BCUT2D eigenvalue weighted by molar-refractivity contribution is 0.183. The summed E-state index contributed by atoms with van der Waals surface area (Å²) in [4.78, 5) is 0. The van der Waals surface area contributed by atoms with Gasteiger partial charge in [-0.3, -0.25) is 0 Å². The zero-order valence-corrected chi connectivity index (χ0v) is 8.61. The average Bonchev–Trinajstić information content (AvgIpc) is 2.50. The number of rotatable bonds is 5. The van der Waals surface area contributed by atoms with Crippen molar-refractivity contribution in [2.75, 3.05) is 18.5 Å². The van der Waals surface area contributed by atoms with E-state index in [0.29, 0.717) is 0 Å². The highest BCUT2D eigenvalue weighted by Gasteiger charge is 2.14. The van der Waals surface area contributed by atoms with E-state index in [4.69, 9.17) is 4.74 Å². The van der Waals surface area contributed by atoms with Gasteiger partial charge in [-0.25, -0.2) is 0 Å². The van der Waals surface area contributed by atoms with Crippen molar-refractivity contribution in [1.82, 2.24) is 0 Å². The van der Waals surface area contributed by atoms with Crippen molar-refractivity contribution in [2.45, 2.75) is 32.1 Å². The zero-order chi connectivity index (χ0) is 7.94. The van der Waals surface area contributed by atoms with Crippen LogP contribution >= 0.6 is 15.9 Å².